The highest BCUT2D eigenvalue weighted by Crippen LogP contribution is 2.14. The Morgan fingerprint density at radius 3 is 2.62 bits per heavy atom. The minimum absolute atomic E-state index is 0.161. The number of nitrogens with two attached hydrogens (primary N) is 1. The zero-order valence-electron chi connectivity index (χ0n) is 9.55. The lowest BCUT2D eigenvalue weighted by Crippen LogP contribution is -2.49. The Balaban J connectivity index is 2.53. The van der Waals surface area contributed by atoms with Gasteiger partial charge >= 0.3 is 0 Å². The van der Waals surface area contributed by atoms with Crippen molar-refractivity contribution in [1.29, 1.82) is 0 Å². The van der Waals surface area contributed by atoms with E-state index in [4.69, 9.17) is 10.2 Å². The number of carbonyl (C=O) groups is 1. The molecule has 1 aromatic rings. The molecule has 5 heteroatoms. The summed E-state index contributed by atoms with van der Waals surface area (Å²) in [6.45, 7) is 4.51. The summed E-state index contributed by atoms with van der Waals surface area (Å²) in [4.78, 5) is 11.7. The number of hydrogen-bond acceptors (Lipinski definition) is 3. The number of halogens is 1. The molecule has 0 bridgehead atoms. The molecule has 0 saturated carbocycles. The van der Waals surface area contributed by atoms with Crippen molar-refractivity contribution in [2.24, 2.45) is 5.73 Å². The van der Waals surface area contributed by atoms with Crippen LogP contribution in [0, 0.1) is 0 Å². The van der Waals surface area contributed by atoms with Crippen molar-refractivity contribution in [2.45, 2.75) is 32.2 Å². The van der Waals surface area contributed by atoms with Crippen LogP contribution < -0.4 is 11.1 Å². The number of nitrogens with one attached hydrogen (secondary N) is 1. The third-order valence-electron chi connectivity index (χ3n) is 2.84. The van der Waals surface area contributed by atoms with Crippen LogP contribution in [0.4, 0.5) is 0 Å². The van der Waals surface area contributed by atoms with Crippen molar-refractivity contribution in [1.82, 2.24) is 5.32 Å². The fourth-order valence-corrected chi connectivity index (χ4v) is 1.63. The standard InChI is InChI=1S/C11H17BrN2O2/c1-3-11(13,4-2)7-14-10(15)8-5-9(12)16-6-8/h5-6H,3-4,7,13H2,1-2H3,(H,14,15). The van der Waals surface area contributed by atoms with Gasteiger partial charge in [-0.05, 0) is 28.8 Å². The maximum Gasteiger partial charge on any atom is 0.254 e. The summed E-state index contributed by atoms with van der Waals surface area (Å²) in [5.41, 5.74) is 6.26. The van der Waals surface area contributed by atoms with Crippen LogP contribution in [0.5, 0.6) is 0 Å². The number of rotatable bonds is 5. The topological polar surface area (TPSA) is 68.3 Å². The van der Waals surface area contributed by atoms with Crippen LogP contribution in [0.15, 0.2) is 21.4 Å². The lowest BCUT2D eigenvalue weighted by molar-refractivity contribution is 0.0941. The molecule has 1 amide bonds. The molecule has 0 atom stereocenters. The van der Waals surface area contributed by atoms with Gasteiger partial charge in [-0.25, -0.2) is 0 Å². The number of amides is 1. The van der Waals surface area contributed by atoms with E-state index in [1.807, 2.05) is 13.8 Å². The summed E-state index contributed by atoms with van der Waals surface area (Å²) in [5, 5.41) is 2.81. The van der Waals surface area contributed by atoms with Crippen molar-refractivity contribution < 1.29 is 9.21 Å². The maximum absolute atomic E-state index is 11.7. The first-order chi connectivity index (χ1) is 7.50. The van der Waals surface area contributed by atoms with Crippen LogP contribution in [-0.4, -0.2) is 18.0 Å². The van der Waals surface area contributed by atoms with Gasteiger partial charge in [-0.3, -0.25) is 4.79 Å². The highest BCUT2D eigenvalue weighted by atomic mass is 79.9. The van der Waals surface area contributed by atoms with Gasteiger partial charge in [0.2, 0.25) is 0 Å². The van der Waals surface area contributed by atoms with Crippen LogP contribution >= 0.6 is 15.9 Å². The minimum atomic E-state index is -0.323. The molecule has 0 unspecified atom stereocenters. The van der Waals surface area contributed by atoms with Gasteiger partial charge in [-0.1, -0.05) is 13.8 Å². The second kappa shape index (κ2) is 5.50. The lowest BCUT2D eigenvalue weighted by atomic mass is 9.94. The highest BCUT2D eigenvalue weighted by molar-refractivity contribution is 9.10. The van der Waals surface area contributed by atoms with Gasteiger partial charge in [0.25, 0.3) is 5.91 Å². The molecule has 1 aromatic heterocycles. The second-order valence-electron chi connectivity index (χ2n) is 3.89. The Labute approximate surface area is 104 Å². The number of carbonyl (C=O) groups excluding carboxylic acids is 1. The SMILES string of the molecule is CCC(N)(CC)CNC(=O)c1coc(Br)c1. The first kappa shape index (κ1) is 13.3. The first-order valence-electron chi connectivity index (χ1n) is 5.32. The van der Waals surface area contributed by atoms with E-state index < -0.39 is 0 Å². The average Bonchev–Trinajstić information content (AvgIpc) is 2.72. The van der Waals surface area contributed by atoms with E-state index in [1.165, 1.54) is 6.26 Å². The normalized spacial score (nSPS) is 11.5. The molecular weight excluding hydrogens is 272 g/mol. The summed E-state index contributed by atoms with van der Waals surface area (Å²) >= 11 is 3.15. The summed E-state index contributed by atoms with van der Waals surface area (Å²) in [7, 11) is 0. The summed E-state index contributed by atoms with van der Waals surface area (Å²) in [5.74, 6) is -0.161. The van der Waals surface area contributed by atoms with Gasteiger partial charge in [0.1, 0.15) is 6.26 Å². The molecule has 0 aliphatic carbocycles. The molecular formula is C11H17BrN2O2. The summed E-state index contributed by atoms with van der Waals surface area (Å²) in [6.07, 6.45) is 3.08. The zero-order chi connectivity index (χ0) is 12.2. The molecule has 4 nitrogen and oxygen atoms in total. The predicted octanol–water partition coefficient (Wildman–Crippen LogP) is 2.29. The molecule has 0 aliphatic rings. The summed E-state index contributed by atoms with van der Waals surface area (Å²) in [6, 6.07) is 1.63. The van der Waals surface area contributed by atoms with Crippen molar-refractivity contribution in [3.8, 4) is 0 Å². The van der Waals surface area contributed by atoms with Gasteiger partial charge in [-0.2, -0.15) is 0 Å². The fraction of sp³-hybridized carbons (Fsp3) is 0.545. The minimum Gasteiger partial charge on any atom is -0.457 e. The van der Waals surface area contributed by atoms with Crippen LogP contribution in [0.25, 0.3) is 0 Å². The molecule has 1 heterocycles. The Hall–Kier alpha value is -0.810. The third kappa shape index (κ3) is 3.35. The quantitative estimate of drug-likeness (QED) is 0.873. The molecule has 0 aromatic carbocycles. The molecule has 0 radical (unpaired) electrons. The van der Waals surface area contributed by atoms with E-state index >= 15 is 0 Å². The first-order valence-corrected chi connectivity index (χ1v) is 6.11. The largest absolute Gasteiger partial charge is 0.457 e. The fourth-order valence-electron chi connectivity index (χ4n) is 1.29. The Morgan fingerprint density at radius 1 is 1.56 bits per heavy atom. The molecule has 0 fully saturated rings. The molecule has 3 N–H and O–H groups in total. The predicted molar refractivity (Wildman–Crippen MR) is 66.2 cm³/mol. The van der Waals surface area contributed by atoms with Crippen molar-refractivity contribution in [3.63, 3.8) is 0 Å². The van der Waals surface area contributed by atoms with Crippen LogP contribution in [0.3, 0.4) is 0 Å². The van der Waals surface area contributed by atoms with Gasteiger partial charge in [0.05, 0.1) is 5.56 Å². The summed E-state index contributed by atoms with van der Waals surface area (Å²) < 4.78 is 5.54. The molecule has 1 rings (SSSR count). The molecule has 90 valence electrons. The van der Waals surface area contributed by atoms with Crippen molar-refractivity contribution >= 4 is 21.8 Å². The maximum atomic E-state index is 11.7. The van der Waals surface area contributed by atoms with Crippen molar-refractivity contribution in [3.05, 3.63) is 22.6 Å². The Morgan fingerprint density at radius 2 is 2.19 bits per heavy atom. The van der Waals surface area contributed by atoms with Crippen LogP contribution in [0.2, 0.25) is 0 Å². The van der Waals surface area contributed by atoms with E-state index in [0.29, 0.717) is 16.8 Å². The highest BCUT2D eigenvalue weighted by Gasteiger charge is 2.21. The van der Waals surface area contributed by atoms with Gasteiger partial charge in [-0.15, -0.1) is 0 Å². The zero-order valence-corrected chi connectivity index (χ0v) is 11.1. The van der Waals surface area contributed by atoms with E-state index in [2.05, 4.69) is 21.2 Å². The monoisotopic (exact) mass is 288 g/mol. The van der Waals surface area contributed by atoms with Gasteiger partial charge < -0.3 is 15.5 Å². The molecule has 0 aliphatic heterocycles. The molecule has 16 heavy (non-hydrogen) atoms. The van der Waals surface area contributed by atoms with Gasteiger partial charge in [0, 0.05) is 18.2 Å². The van der Waals surface area contributed by atoms with E-state index in [9.17, 15) is 4.79 Å². The van der Waals surface area contributed by atoms with E-state index in [0.717, 1.165) is 12.8 Å². The lowest BCUT2D eigenvalue weighted by Gasteiger charge is -2.26. The van der Waals surface area contributed by atoms with Crippen LogP contribution in [0.1, 0.15) is 37.0 Å². The second-order valence-corrected chi connectivity index (χ2v) is 4.67. The smallest absolute Gasteiger partial charge is 0.254 e. The number of furan rings is 1. The average molecular weight is 289 g/mol. The van der Waals surface area contributed by atoms with Crippen LogP contribution in [-0.2, 0) is 0 Å². The Kier molecular flexibility index (Phi) is 4.56. The van der Waals surface area contributed by atoms with Crippen molar-refractivity contribution in [2.75, 3.05) is 6.54 Å². The van der Waals surface area contributed by atoms with Gasteiger partial charge in [0.15, 0.2) is 4.67 Å². The Bertz CT molecular complexity index is 359. The van der Waals surface area contributed by atoms with E-state index in [1.54, 1.807) is 6.07 Å². The molecule has 0 spiro atoms. The number of hydrogen-bond donors (Lipinski definition) is 2. The van der Waals surface area contributed by atoms with E-state index in [-0.39, 0.29) is 11.4 Å². The molecule has 0 saturated heterocycles. The third-order valence-corrected chi connectivity index (χ3v) is 3.25.